The van der Waals surface area contributed by atoms with Gasteiger partial charge >= 0.3 is 5.51 Å². The third kappa shape index (κ3) is 4.50. The van der Waals surface area contributed by atoms with Crippen molar-refractivity contribution in [1.82, 2.24) is 9.90 Å². The predicted molar refractivity (Wildman–Crippen MR) is 105 cm³/mol. The molecule has 1 heterocycles. The summed E-state index contributed by atoms with van der Waals surface area (Å²) in [5.74, 6) is 0.341. The quantitative estimate of drug-likeness (QED) is 0.248. The first-order valence-corrected chi connectivity index (χ1v) is 10.7. The predicted octanol–water partition coefficient (Wildman–Crippen LogP) is 2.02. The minimum atomic E-state index is -6.09. The molecule has 0 amide bonds. The number of aromatic nitrogens is 3. The summed E-state index contributed by atoms with van der Waals surface area (Å²) in [6.45, 7) is 2.39. The van der Waals surface area contributed by atoms with Gasteiger partial charge in [-0.1, -0.05) is 28.9 Å². The largest absolute Gasteiger partial charge is 0.741 e. The highest BCUT2D eigenvalue weighted by Crippen LogP contribution is 2.27. The fraction of sp³-hybridized carbons (Fsp3) is 0.200. The Kier molecular flexibility index (Phi) is 6.38. The van der Waals surface area contributed by atoms with Gasteiger partial charge in [-0.3, -0.25) is 9.59 Å². The first-order chi connectivity index (χ1) is 15.4. The number of ether oxygens (including phenoxy) is 1. The van der Waals surface area contributed by atoms with E-state index in [2.05, 4.69) is 5.21 Å². The second-order valence-corrected chi connectivity index (χ2v) is 7.99. The van der Waals surface area contributed by atoms with Gasteiger partial charge in [0.15, 0.2) is 15.8 Å². The molecule has 0 aliphatic heterocycles. The zero-order valence-corrected chi connectivity index (χ0v) is 18.0. The number of rotatable bonds is 3. The second-order valence-electron chi connectivity index (χ2n) is 6.62. The molecule has 0 unspecified atom stereocenters. The van der Waals surface area contributed by atoms with E-state index in [4.69, 9.17) is 17.7 Å². The fourth-order valence-corrected chi connectivity index (χ4v) is 3.11. The van der Waals surface area contributed by atoms with E-state index >= 15 is 0 Å². The maximum Gasteiger partial charge on any atom is 0.485 e. The molecule has 33 heavy (non-hydrogen) atoms. The second kappa shape index (κ2) is 8.75. The maximum absolute atomic E-state index is 13.0. The fourth-order valence-electron chi connectivity index (χ4n) is 3.11. The van der Waals surface area contributed by atoms with E-state index in [-0.39, 0.29) is 11.6 Å². The van der Waals surface area contributed by atoms with Crippen LogP contribution in [0.1, 0.15) is 39.0 Å². The van der Waals surface area contributed by atoms with Crippen LogP contribution >= 0.6 is 0 Å². The van der Waals surface area contributed by atoms with Crippen molar-refractivity contribution in [2.75, 3.05) is 7.11 Å². The molecule has 3 aromatic rings. The van der Waals surface area contributed by atoms with Crippen molar-refractivity contribution in [3.8, 4) is 11.4 Å². The third-order valence-corrected chi connectivity index (χ3v) is 5.21. The highest BCUT2D eigenvalue weighted by atomic mass is 32.2. The summed E-state index contributed by atoms with van der Waals surface area (Å²) in [4.78, 5) is 26.0. The van der Waals surface area contributed by atoms with E-state index in [1.165, 1.54) is 4.68 Å². The molecule has 9 nitrogen and oxygen atoms in total. The number of carbonyl (C=O) groups is 2. The molecule has 1 aromatic heterocycles. The van der Waals surface area contributed by atoms with Crippen LogP contribution in [-0.2, 0) is 16.7 Å². The van der Waals surface area contributed by atoms with Gasteiger partial charge in [0, 0.05) is 11.1 Å². The summed E-state index contributed by atoms with van der Waals surface area (Å²) in [6.07, 6.45) is 0. The van der Waals surface area contributed by atoms with Crippen LogP contribution in [-0.4, -0.2) is 47.1 Å². The number of methoxy groups -OCH3 is 1. The van der Waals surface area contributed by atoms with Gasteiger partial charge in [-0.05, 0) is 31.2 Å². The number of hydrogen-bond donors (Lipinski definition) is 0. The average molecular weight is 483 g/mol. The van der Waals surface area contributed by atoms with Crippen molar-refractivity contribution in [2.45, 2.75) is 19.0 Å². The number of benzene rings is 2. The van der Waals surface area contributed by atoms with E-state index < -0.39 is 15.6 Å². The van der Waals surface area contributed by atoms with Gasteiger partial charge in [0.05, 0.1) is 12.3 Å². The summed E-state index contributed by atoms with van der Waals surface area (Å²) in [5.41, 5.74) is -3.47. The molecular formula is C20H16F3N3O6S. The van der Waals surface area contributed by atoms with Crippen LogP contribution in [0.25, 0.3) is 5.69 Å². The Morgan fingerprint density at radius 1 is 1.03 bits per heavy atom. The smallest absolute Gasteiger partial charge is 0.485 e. The van der Waals surface area contributed by atoms with E-state index in [0.29, 0.717) is 40.5 Å². The lowest BCUT2D eigenvalue weighted by atomic mass is 9.90. The molecule has 0 spiro atoms. The van der Waals surface area contributed by atoms with Crippen molar-refractivity contribution < 1.29 is 45.1 Å². The standard InChI is InChI=1S/C19H16N3O3.CHF3O3S/c1-3-21-16-17(19(24)15-7-5-4-6-14(15)18(16)23)22(20-21)12-8-10-13(25-2)11-9-12;2-1(3,4)8(5,6)7/h4-11H,3H2,1-2H3;(H,5,6,7)/q+1;/p-1. The van der Waals surface area contributed by atoms with Crippen LogP contribution < -0.4 is 9.42 Å². The van der Waals surface area contributed by atoms with Crippen molar-refractivity contribution in [3.63, 3.8) is 0 Å². The van der Waals surface area contributed by atoms with Crippen molar-refractivity contribution in [2.24, 2.45) is 0 Å². The first kappa shape index (κ1) is 24.1. The van der Waals surface area contributed by atoms with Gasteiger partial charge in [0.2, 0.25) is 17.3 Å². The molecule has 174 valence electrons. The number of halogens is 3. The van der Waals surface area contributed by atoms with Gasteiger partial charge in [-0.25, -0.2) is 8.42 Å². The van der Waals surface area contributed by atoms with E-state index in [0.717, 1.165) is 0 Å². The Hall–Kier alpha value is -3.58. The molecule has 13 heteroatoms. The summed E-state index contributed by atoms with van der Waals surface area (Å²) < 4.78 is 67.2. The number of fused-ring (bicyclic) bond motifs is 2. The summed E-state index contributed by atoms with van der Waals surface area (Å²) in [6, 6.07) is 14.1. The molecule has 0 saturated carbocycles. The zero-order valence-electron chi connectivity index (χ0n) is 17.2. The number of nitrogens with zero attached hydrogens (tertiary/aromatic N) is 3. The first-order valence-electron chi connectivity index (χ1n) is 9.28. The number of carbonyl (C=O) groups excluding carboxylic acids is 2. The normalized spacial score (nSPS) is 13.0. The molecule has 4 rings (SSSR count). The molecule has 0 bridgehead atoms. The van der Waals surface area contributed by atoms with E-state index in [9.17, 15) is 22.8 Å². The van der Waals surface area contributed by atoms with Crippen LogP contribution in [0, 0.1) is 0 Å². The molecule has 0 radical (unpaired) electrons. The minimum Gasteiger partial charge on any atom is -0.741 e. The van der Waals surface area contributed by atoms with Crippen LogP contribution in [0.3, 0.4) is 0 Å². The number of ketones is 2. The lowest BCUT2D eigenvalue weighted by molar-refractivity contribution is -0.753. The Morgan fingerprint density at radius 2 is 1.55 bits per heavy atom. The van der Waals surface area contributed by atoms with Crippen molar-refractivity contribution >= 4 is 21.7 Å². The number of hydrogen-bond acceptors (Lipinski definition) is 7. The average Bonchev–Trinajstić information content (AvgIpc) is 3.17. The molecule has 0 atom stereocenters. The highest BCUT2D eigenvalue weighted by molar-refractivity contribution is 7.86. The molecule has 0 saturated heterocycles. The van der Waals surface area contributed by atoms with Crippen LogP contribution in [0.2, 0.25) is 0 Å². The molecular weight excluding hydrogens is 467 g/mol. The highest BCUT2D eigenvalue weighted by Gasteiger charge is 2.42. The Morgan fingerprint density at radius 3 is 2.00 bits per heavy atom. The topological polar surface area (TPSA) is 122 Å². The van der Waals surface area contributed by atoms with Gasteiger partial charge < -0.3 is 9.29 Å². The molecule has 1 aliphatic rings. The lowest BCUT2D eigenvalue weighted by Crippen LogP contribution is -2.42. The van der Waals surface area contributed by atoms with Crippen molar-refractivity contribution in [1.29, 1.82) is 0 Å². The van der Waals surface area contributed by atoms with Crippen LogP contribution in [0.15, 0.2) is 48.5 Å². The third-order valence-electron chi connectivity index (χ3n) is 4.64. The SMILES string of the molecule is CC[n+]1nn(-c2ccc(OC)cc2)c2c1C(=O)c1ccccc1C2=O.O=S(=O)([O-])C(F)(F)F. The Bertz CT molecular complexity index is 1330. The van der Waals surface area contributed by atoms with E-state index in [1.807, 2.05) is 19.1 Å². The molecule has 1 aliphatic carbocycles. The van der Waals surface area contributed by atoms with Gasteiger partial charge in [0.25, 0.3) is 5.69 Å². The summed E-state index contributed by atoms with van der Waals surface area (Å²) >= 11 is 0. The molecule has 2 aromatic carbocycles. The summed E-state index contributed by atoms with van der Waals surface area (Å²) in [7, 11) is -4.50. The number of aryl methyl sites for hydroxylation is 1. The summed E-state index contributed by atoms with van der Waals surface area (Å²) in [5, 5.41) is 4.47. The monoisotopic (exact) mass is 483 g/mol. The molecule has 0 N–H and O–H groups in total. The van der Waals surface area contributed by atoms with Crippen LogP contribution in [0.4, 0.5) is 13.2 Å². The zero-order chi connectivity index (χ0) is 24.6. The minimum absolute atomic E-state index is 0.174. The van der Waals surface area contributed by atoms with E-state index in [1.54, 1.807) is 48.2 Å². The van der Waals surface area contributed by atoms with Gasteiger partial charge in [-0.15, -0.1) is 4.68 Å². The number of alkyl halides is 3. The Labute approximate surface area is 185 Å². The maximum atomic E-state index is 13.0. The van der Waals surface area contributed by atoms with Crippen molar-refractivity contribution in [3.05, 3.63) is 71.0 Å². The van der Waals surface area contributed by atoms with Gasteiger partial charge in [-0.2, -0.15) is 13.2 Å². The van der Waals surface area contributed by atoms with Crippen LogP contribution in [0.5, 0.6) is 5.75 Å². The Balaban J connectivity index is 0.000000331. The molecule has 0 fully saturated rings. The van der Waals surface area contributed by atoms with Gasteiger partial charge in [0.1, 0.15) is 12.3 Å². The lowest BCUT2D eigenvalue weighted by Gasteiger charge is -2.11.